The van der Waals surface area contributed by atoms with Crippen molar-refractivity contribution in [2.75, 3.05) is 25.1 Å². The van der Waals surface area contributed by atoms with E-state index in [4.69, 9.17) is 10.2 Å². The maximum Gasteiger partial charge on any atom is 0.437 e. The third kappa shape index (κ3) is 5.63. The molecule has 6 aromatic rings. The number of halogens is 3. The number of alkyl halides is 3. The molecule has 16 heteroatoms. The molecule has 1 amide bonds. The second kappa shape index (κ2) is 11.5. The third-order valence-corrected chi connectivity index (χ3v) is 6.93. The average molecular weight is 632 g/mol. The monoisotopic (exact) mass is 631 g/mol. The van der Waals surface area contributed by atoms with Crippen molar-refractivity contribution < 1.29 is 22.4 Å². The quantitative estimate of drug-likeness (QED) is 0.242. The topological polar surface area (TPSA) is 170 Å². The lowest BCUT2D eigenvalue weighted by atomic mass is 9.99. The highest BCUT2D eigenvalue weighted by atomic mass is 19.4. The molecule has 0 unspecified atom stereocenters. The zero-order chi connectivity index (χ0) is 32.7. The number of aromatic nitrogens is 6. The molecule has 0 aliphatic heterocycles. The van der Waals surface area contributed by atoms with Gasteiger partial charge in [0, 0.05) is 17.8 Å². The predicted octanol–water partition coefficient (Wildman–Crippen LogP) is 4.34. The van der Waals surface area contributed by atoms with Gasteiger partial charge in [0.2, 0.25) is 5.89 Å². The lowest BCUT2D eigenvalue weighted by Crippen LogP contribution is -2.42. The first-order valence-electron chi connectivity index (χ1n) is 13.6. The van der Waals surface area contributed by atoms with E-state index in [0.717, 1.165) is 16.7 Å². The molecule has 13 nitrogen and oxygen atoms in total. The van der Waals surface area contributed by atoms with Crippen molar-refractivity contribution in [1.29, 1.82) is 0 Å². The number of anilines is 2. The van der Waals surface area contributed by atoms with Crippen LogP contribution in [0.3, 0.4) is 0 Å². The number of H-pyrrole nitrogens is 1. The fourth-order valence-corrected chi connectivity index (χ4v) is 4.98. The molecular formula is C30H24F3N9O4. The molecule has 6 rings (SSSR count). The number of aromatic amines is 1. The standard InChI is InChI=1S/C30H24F3N9O4/c1-40(2)15-18-6-3-4-9-21(18)16-10-12-19(13-11-16)35-28(44)41-26(43)23-22(36-29(41)45)24(30(31,32)33)39-42(23)20-8-5-7-17(14-20)25-37-38-27(34)46-25/h3-14H,15H2,1-2H3,(H2,34,38)(H,35,44)(H,36,45). The van der Waals surface area contributed by atoms with E-state index in [2.05, 4.69) is 20.6 Å². The Hall–Kier alpha value is -6.03. The molecule has 0 radical (unpaired) electrons. The highest BCUT2D eigenvalue weighted by Gasteiger charge is 2.39. The van der Waals surface area contributed by atoms with Gasteiger partial charge in [0.15, 0.2) is 11.2 Å². The summed E-state index contributed by atoms with van der Waals surface area (Å²) >= 11 is 0. The number of nitrogens with one attached hydrogen (secondary N) is 2. The van der Waals surface area contributed by atoms with Crippen LogP contribution in [0.5, 0.6) is 0 Å². The van der Waals surface area contributed by atoms with Crippen LogP contribution >= 0.6 is 0 Å². The molecule has 4 N–H and O–H groups in total. The van der Waals surface area contributed by atoms with Crippen LogP contribution in [0.1, 0.15) is 11.3 Å². The van der Waals surface area contributed by atoms with Crippen LogP contribution in [0.25, 0.3) is 39.3 Å². The first kappa shape index (κ1) is 30.0. The number of hydrogen-bond donors (Lipinski definition) is 3. The number of nitrogens with zero attached hydrogens (tertiary/aromatic N) is 6. The van der Waals surface area contributed by atoms with E-state index in [9.17, 15) is 27.6 Å². The van der Waals surface area contributed by atoms with Gasteiger partial charge in [-0.25, -0.2) is 14.3 Å². The van der Waals surface area contributed by atoms with Crippen molar-refractivity contribution in [1.82, 2.24) is 34.4 Å². The number of carbonyl (C=O) groups excluding carboxylic acids is 1. The van der Waals surface area contributed by atoms with Gasteiger partial charge in [-0.3, -0.25) is 4.79 Å². The van der Waals surface area contributed by atoms with E-state index in [1.807, 2.05) is 48.2 Å². The van der Waals surface area contributed by atoms with Crippen LogP contribution in [-0.2, 0) is 12.7 Å². The molecule has 0 fully saturated rings. The van der Waals surface area contributed by atoms with Crippen LogP contribution in [0.2, 0.25) is 0 Å². The number of nitrogen functional groups attached to an aromatic ring is 1. The van der Waals surface area contributed by atoms with Crippen molar-refractivity contribution in [2.24, 2.45) is 0 Å². The van der Waals surface area contributed by atoms with Gasteiger partial charge in [0.25, 0.3) is 5.56 Å². The number of rotatable bonds is 6. The first-order chi connectivity index (χ1) is 21.9. The summed E-state index contributed by atoms with van der Waals surface area (Å²) in [4.78, 5) is 43.9. The van der Waals surface area contributed by atoms with Gasteiger partial charge in [-0.05, 0) is 61.1 Å². The number of hydrogen-bond acceptors (Lipinski definition) is 9. The Morgan fingerprint density at radius 3 is 2.41 bits per heavy atom. The average Bonchev–Trinajstić information content (AvgIpc) is 3.62. The lowest BCUT2D eigenvalue weighted by molar-refractivity contribution is -0.140. The molecular weight excluding hydrogens is 607 g/mol. The third-order valence-electron chi connectivity index (χ3n) is 6.93. The fraction of sp³-hybridized carbons (Fsp3) is 0.133. The van der Waals surface area contributed by atoms with Crippen molar-refractivity contribution >= 4 is 28.8 Å². The minimum absolute atomic E-state index is 0.0315. The summed E-state index contributed by atoms with van der Waals surface area (Å²) < 4.78 is 48.1. The summed E-state index contributed by atoms with van der Waals surface area (Å²) in [6, 6.07) is 18.7. The number of amides is 1. The Balaban J connectivity index is 1.39. The summed E-state index contributed by atoms with van der Waals surface area (Å²) in [7, 11) is 3.91. The van der Waals surface area contributed by atoms with Gasteiger partial charge < -0.3 is 25.4 Å². The Morgan fingerprint density at radius 2 is 1.74 bits per heavy atom. The Bertz CT molecular complexity index is 2210. The summed E-state index contributed by atoms with van der Waals surface area (Å²) in [5.74, 6) is -0.0377. The van der Waals surface area contributed by atoms with Crippen molar-refractivity contribution in [3.8, 4) is 28.3 Å². The van der Waals surface area contributed by atoms with Crippen LogP contribution in [0, 0.1) is 0 Å². The van der Waals surface area contributed by atoms with Crippen LogP contribution in [0.4, 0.5) is 29.7 Å². The number of fused-ring (bicyclic) bond motifs is 1. The normalized spacial score (nSPS) is 11.8. The molecule has 3 aromatic heterocycles. The van der Waals surface area contributed by atoms with E-state index in [1.54, 1.807) is 24.3 Å². The van der Waals surface area contributed by atoms with Crippen LogP contribution < -0.4 is 22.3 Å². The van der Waals surface area contributed by atoms with Gasteiger partial charge in [-0.15, -0.1) is 5.10 Å². The minimum Gasteiger partial charge on any atom is -0.404 e. The maximum absolute atomic E-state index is 14.0. The smallest absolute Gasteiger partial charge is 0.404 e. The van der Waals surface area contributed by atoms with E-state index in [1.165, 1.54) is 24.3 Å². The van der Waals surface area contributed by atoms with Crippen molar-refractivity contribution in [3.05, 3.63) is 105 Å². The van der Waals surface area contributed by atoms with Crippen LogP contribution in [-0.4, -0.2) is 54.6 Å². The maximum atomic E-state index is 14.0. The van der Waals surface area contributed by atoms with Gasteiger partial charge >= 0.3 is 23.9 Å². The Morgan fingerprint density at radius 1 is 1.00 bits per heavy atom. The highest BCUT2D eigenvalue weighted by Crippen LogP contribution is 2.33. The lowest BCUT2D eigenvalue weighted by Gasteiger charge is -2.15. The summed E-state index contributed by atoms with van der Waals surface area (Å²) in [5, 5.41) is 13.4. The Labute approximate surface area is 256 Å². The predicted molar refractivity (Wildman–Crippen MR) is 162 cm³/mol. The molecule has 0 bridgehead atoms. The largest absolute Gasteiger partial charge is 0.437 e. The molecule has 0 spiro atoms. The summed E-state index contributed by atoms with van der Waals surface area (Å²) in [6.45, 7) is 0.700. The fourth-order valence-electron chi connectivity index (χ4n) is 4.98. The van der Waals surface area contributed by atoms with Gasteiger partial charge in [-0.1, -0.05) is 47.6 Å². The zero-order valence-electron chi connectivity index (χ0n) is 24.2. The molecule has 234 valence electrons. The Kier molecular flexibility index (Phi) is 7.49. The molecule has 0 saturated carbocycles. The second-order valence-corrected chi connectivity index (χ2v) is 10.5. The SMILES string of the molecule is CN(C)Cc1ccccc1-c1ccc(NC(=O)n2c(=O)[nH]c3c(C(F)(F)F)nn(-c4cccc(-c5nnc(N)o5)c4)c3c2=O)cc1. The van der Waals surface area contributed by atoms with E-state index >= 15 is 0 Å². The zero-order valence-corrected chi connectivity index (χ0v) is 24.2. The molecule has 0 saturated heterocycles. The first-order valence-corrected chi connectivity index (χ1v) is 13.6. The summed E-state index contributed by atoms with van der Waals surface area (Å²) in [6.07, 6.45) is -5.06. The van der Waals surface area contributed by atoms with Gasteiger partial charge in [-0.2, -0.15) is 22.8 Å². The molecule has 46 heavy (non-hydrogen) atoms. The van der Waals surface area contributed by atoms with Gasteiger partial charge in [0.1, 0.15) is 5.52 Å². The van der Waals surface area contributed by atoms with Crippen LogP contribution in [0.15, 0.2) is 86.8 Å². The van der Waals surface area contributed by atoms with E-state index < -0.39 is 40.2 Å². The number of nitrogens with two attached hydrogens (primary N) is 1. The van der Waals surface area contributed by atoms with Crippen molar-refractivity contribution in [2.45, 2.75) is 12.7 Å². The number of carbonyl (C=O) groups is 1. The molecule has 3 aromatic carbocycles. The highest BCUT2D eigenvalue weighted by molar-refractivity contribution is 5.93. The van der Waals surface area contributed by atoms with Crippen molar-refractivity contribution in [3.63, 3.8) is 0 Å². The summed E-state index contributed by atoms with van der Waals surface area (Å²) in [5.41, 5.74) is 3.04. The molecule has 0 atom stereocenters. The second-order valence-electron chi connectivity index (χ2n) is 10.5. The van der Waals surface area contributed by atoms with E-state index in [-0.39, 0.29) is 33.4 Å². The van der Waals surface area contributed by atoms with Gasteiger partial charge in [0.05, 0.1) is 5.69 Å². The van der Waals surface area contributed by atoms with E-state index in [0.29, 0.717) is 11.2 Å². The minimum atomic E-state index is -5.06. The number of benzene rings is 3. The molecule has 3 heterocycles. The molecule has 0 aliphatic carbocycles. The molecule has 0 aliphatic rings.